The largest absolute Gasteiger partial charge is 0.481 e. The van der Waals surface area contributed by atoms with E-state index in [1.165, 1.54) is 0 Å². The molecule has 2 aromatic rings. The lowest BCUT2D eigenvalue weighted by Gasteiger charge is -2.18. The van der Waals surface area contributed by atoms with E-state index in [1.54, 1.807) is 31.3 Å². The van der Waals surface area contributed by atoms with Crippen molar-refractivity contribution in [3.8, 4) is 5.88 Å². The molecule has 1 heterocycles. The third kappa shape index (κ3) is 4.49. The monoisotopic (exact) mass is 285 g/mol. The molecule has 1 aromatic carbocycles. The number of amides is 2. The van der Waals surface area contributed by atoms with E-state index in [2.05, 4.69) is 10.3 Å². The van der Waals surface area contributed by atoms with Gasteiger partial charge in [-0.3, -0.25) is 0 Å². The molecule has 0 unspecified atom stereocenters. The van der Waals surface area contributed by atoms with Crippen molar-refractivity contribution in [2.75, 3.05) is 14.2 Å². The molecule has 5 heteroatoms. The smallest absolute Gasteiger partial charge is 0.317 e. The molecule has 0 fully saturated rings. The van der Waals surface area contributed by atoms with Gasteiger partial charge >= 0.3 is 6.03 Å². The van der Waals surface area contributed by atoms with Crippen LogP contribution in [0.25, 0.3) is 0 Å². The van der Waals surface area contributed by atoms with Gasteiger partial charge in [-0.2, -0.15) is 0 Å². The summed E-state index contributed by atoms with van der Waals surface area (Å²) >= 11 is 0. The van der Waals surface area contributed by atoms with Crippen molar-refractivity contribution in [3.63, 3.8) is 0 Å². The first-order valence-electron chi connectivity index (χ1n) is 6.71. The predicted molar refractivity (Wildman–Crippen MR) is 80.9 cm³/mol. The van der Waals surface area contributed by atoms with Gasteiger partial charge in [-0.15, -0.1) is 0 Å². The lowest BCUT2D eigenvalue weighted by atomic mass is 10.2. The van der Waals surface area contributed by atoms with Crippen LogP contribution in [0.15, 0.2) is 48.7 Å². The predicted octanol–water partition coefficient (Wildman–Crippen LogP) is 2.43. The van der Waals surface area contributed by atoms with Crippen LogP contribution in [0, 0.1) is 0 Å². The fourth-order valence-corrected chi connectivity index (χ4v) is 1.88. The molecule has 0 bridgehead atoms. The maximum Gasteiger partial charge on any atom is 0.317 e. The Bertz CT molecular complexity index is 570. The number of pyridine rings is 1. The second-order valence-electron chi connectivity index (χ2n) is 4.71. The normalized spacial score (nSPS) is 10.0. The van der Waals surface area contributed by atoms with Crippen LogP contribution in [0.1, 0.15) is 11.1 Å². The molecule has 0 saturated heterocycles. The zero-order chi connectivity index (χ0) is 15.1. The summed E-state index contributed by atoms with van der Waals surface area (Å²) in [4.78, 5) is 17.8. The first-order chi connectivity index (χ1) is 10.2. The third-order valence-electron chi connectivity index (χ3n) is 3.06. The summed E-state index contributed by atoms with van der Waals surface area (Å²) in [7, 11) is 3.34. The highest BCUT2D eigenvalue weighted by Crippen LogP contribution is 2.07. The SMILES string of the molecule is COc1ccc(CNC(=O)N(C)Cc2ccccc2)cn1. The van der Waals surface area contributed by atoms with Gasteiger partial charge in [0.25, 0.3) is 0 Å². The van der Waals surface area contributed by atoms with Crippen molar-refractivity contribution >= 4 is 6.03 Å². The Kier molecular flexibility index (Phi) is 5.15. The number of ether oxygens (including phenoxy) is 1. The number of rotatable bonds is 5. The van der Waals surface area contributed by atoms with Crippen LogP contribution in [0.4, 0.5) is 4.79 Å². The van der Waals surface area contributed by atoms with Gasteiger partial charge < -0.3 is 15.0 Å². The molecule has 1 N–H and O–H groups in total. The van der Waals surface area contributed by atoms with Crippen LogP contribution in [0.5, 0.6) is 5.88 Å². The van der Waals surface area contributed by atoms with E-state index >= 15 is 0 Å². The molecule has 0 radical (unpaired) electrons. The molecule has 0 atom stereocenters. The molecule has 5 nitrogen and oxygen atoms in total. The summed E-state index contributed by atoms with van der Waals surface area (Å²) in [6, 6.07) is 13.4. The van der Waals surface area contributed by atoms with E-state index in [9.17, 15) is 4.79 Å². The number of nitrogens with zero attached hydrogens (tertiary/aromatic N) is 2. The molecular formula is C16H19N3O2. The van der Waals surface area contributed by atoms with Crippen LogP contribution >= 0.6 is 0 Å². The van der Waals surface area contributed by atoms with Crippen LogP contribution in [0.2, 0.25) is 0 Å². The number of hydrogen-bond donors (Lipinski definition) is 1. The van der Waals surface area contributed by atoms with Crippen molar-refractivity contribution in [1.29, 1.82) is 0 Å². The quantitative estimate of drug-likeness (QED) is 0.918. The molecule has 0 aliphatic carbocycles. The van der Waals surface area contributed by atoms with E-state index in [1.807, 2.05) is 36.4 Å². The number of carbonyl (C=O) groups is 1. The average Bonchev–Trinajstić information content (AvgIpc) is 2.54. The van der Waals surface area contributed by atoms with E-state index in [0.717, 1.165) is 11.1 Å². The first kappa shape index (κ1) is 14.8. The van der Waals surface area contributed by atoms with E-state index in [4.69, 9.17) is 4.74 Å². The summed E-state index contributed by atoms with van der Waals surface area (Å²) in [5.41, 5.74) is 2.03. The molecule has 21 heavy (non-hydrogen) atoms. The molecule has 0 saturated carbocycles. The molecule has 2 rings (SSSR count). The van der Waals surface area contributed by atoms with Gasteiger partial charge in [0.05, 0.1) is 7.11 Å². The minimum atomic E-state index is -0.116. The van der Waals surface area contributed by atoms with E-state index in [-0.39, 0.29) is 6.03 Å². The summed E-state index contributed by atoms with van der Waals surface area (Å²) in [5, 5.41) is 2.86. The van der Waals surface area contributed by atoms with Gasteiger partial charge in [0, 0.05) is 32.4 Å². The number of nitrogens with one attached hydrogen (secondary N) is 1. The topological polar surface area (TPSA) is 54.5 Å². The summed E-state index contributed by atoms with van der Waals surface area (Å²) in [5.74, 6) is 0.561. The Morgan fingerprint density at radius 1 is 1.19 bits per heavy atom. The number of methoxy groups -OCH3 is 1. The average molecular weight is 285 g/mol. The number of hydrogen-bond acceptors (Lipinski definition) is 3. The molecule has 2 amide bonds. The van der Waals surface area contributed by atoms with Gasteiger partial charge in [-0.25, -0.2) is 9.78 Å². The van der Waals surface area contributed by atoms with Crippen LogP contribution in [-0.4, -0.2) is 30.1 Å². The van der Waals surface area contributed by atoms with E-state index in [0.29, 0.717) is 19.0 Å². The Balaban J connectivity index is 1.83. The fourth-order valence-electron chi connectivity index (χ4n) is 1.88. The number of carbonyl (C=O) groups excluding carboxylic acids is 1. The minimum absolute atomic E-state index is 0.116. The molecular weight excluding hydrogens is 266 g/mol. The Hall–Kier alpha value is -2.56. The summed E-state index contributed by atoms with van der Waals surface area (Å²) in [6.07, 6.45) is 1.69. The number of benzene rings is 1. The van der Waals surface area contributed by atoms with Crippen molar-refractivity contribution in [1.82, 2.24) is 15.2 Å². The maximum atomic E-state index is 12.0. The highest BCUT2D eigenvalue weighted by atomic mass is 16.5. The Morgan fingerprint density at radius 3 is 2.57 bits per heavy atom. The van der Waals surface area contributed by atoms with Gasteiger partial charge in [-0.1, -0.05) is 36.4 Å². The van der Waals surface area contributed by atoms with Gasteiger partial charge in [0.15, 0.2) is 0 Å². The molecule has 0 aliphatic rings. The zero-order valence-corrected chi connectivity index (χ0v) is 12.2. The van der Waals surface area contributed by atoms with Crippen molar-refractivity contribution in [2.24, 2.45) is 0 Å². The fraction of sp³-hybridized carbons (Fsp3) is 0.250. The molecule has 0 aliphatic heterocycles. The first-order valence-corrected chi connectivity index (χ1v) is 6.71. The van der Waals surface area contributed by atoms with Crippen LogP contribution in [0.3, 0.4) is 0 Å². The lowest BCUT2D eigenvalue weighted by Crippen LogP contribution is -2.36. The number of urea groups is 1. The number of aromatic nitrogens is 1. The van der Waals surface area contributed by atoms with Crippen molar-refractivity contribution < 1.29 is 9.53 Å². The zero-order valence-electron chi connectivity index (χ0n) is 12.2. The standard InChI is InChI=1S/C16H19N3O2/c1-19(12-13-6-4-3-5-7-13)16(20)18-11-14-8-9-15(21-2)17-10-14/h3-10H,11-12H2,1-2H3,(H,18,20). The van der Waals surface area contributed by atoms with Crippen molar-refractivity contribution in [2.45, 2.75) is 13.1 Å². The second-order valence-corrected chi connectivity index (χ2v) is 4.71. The Labute approximate surface area is 124 Å². The summed E-state index contributed by atoms with van der Waals surface area (Å²) in [6.45, 7) is 1.02. The summed E-state index contributed by atoms with van der Waals surface area (Å²) < 4.78 is 4.99. The highest BCUT2D eigenvalue weighted by molar-refractivity contribution is 5.73. The lowest BCUT2D eigenvalue weighted by molar-refractivity contribution is 0.206. The van der Waals surface area contributed by atoms with Crippen molar-refractivity contribution in [3.05, 3.63) is 59.8 Å². The van der Waals surface area contributed by atoms with Gasteiger partial charge in [0.1, 0.15) is 0 Å². The maximum absolute atomic E-state index is 12.0. The highest BCUT2D eigenvalue weighted by Gasteiger charge is 2.08. The second kappa shape index (κ2) is 7.28. The van der Waals surface area contributed by atoms with E-state index < -0.39 is 0 Å². The third-order valence-corrected chi connectivity index (χ3v) is 3.06. The Morgan fingerprint density at radius 2 is 1.95 bits per heavy atom. The van der Waals surface area contributed by atoms with Gasteiger partial charge in [-0.05, 0) is 11.1 Å². The van der Waals surface area contributed by atoms with Crippen LogP contribution < -0.4 is 10.1 Å². The van der Waals surface area contributed by atoms with Gasteiger partial charge in [0.2, 0.25) is 5.88 Å². The molecule has 110 valence electrons. The molecule has 1 aromatic heterocycles. The van der Waals surface area contributed by atoms with Crippen LogP contribution in [-0.2, 0) is 13.1 Å². The molecule has 0 spiro atoms. The minimum Gasteiger partial charge on any atom is -0.481 e.